The monoisotopic (exact) mass is 361 g/mol. The lowest BCUT2D eigenvalue weighted by molar-refractivity contribution is 0.0952. The quantitative estimate of drug-likeness (QED) is 0.704. The number of nitrogens with one attached hydrogen (secondary N) is 1. The van der Waals surface area contributed by atoms with Crippen molar-refractivity contribution in [3.8, 4) is 11.5 Å². The average molecular weight is 361 g/mol. The molecular formula is C21H19N3O3. The molecule has 2 aromatic carbocycles. The fourth-order valence-electron chi connectivity index (χ4n) is 2.92. The molecule has 0 saturated heterocycles. The topological polar surface area (TPSA) is 94.3 Å². The molecule has 0 radical (unpaired) electrons. The third-order valence-corrected chi connectivity index (χ3v) is 4.56. The summed E-state index contributed by atoms with van der Waals surface area (Å²) in [6, 6.07) is 14.3. The first-order chi connectivity index (χ1) is 13.1. The van der Waals surface area contributed by atoms with E-state index in [-0.39, 0.29) is 11.6 Å². The summed E-state index contributed by atoms with van der Waals surface area (Å²) in [6.07, 6.45) is 3.87. The standard InChI is InChI=1S/C21H19N3O3/c22-20(25)19-11-16(8-9-23-19)27-15-6-7-17-14(10-15)2-1-3-18(17)21(26)24-12-13-4-5-13/h1-3,6-11,13H,4-5,12H2,(H2,22,25)(H,24,26). The first-order valence-corrected chi connectivity index (χ1v) is 8.85. The van der Waals surface area contributed by atoms with Gasteiger partial charge in [-0.05, 0) is 59.9 Å². The van der Waals surface area contributed by atoms with Gasteiger partial charge in [0.15, 0.2) is 0 Å². The SMILES string of the molecule is NC(=O)c1cc(Oc2ccc3c(C(=O)NCC4CC4)cccc3c2)ccn1. The third-order valence-electron chi connectivity index (χ3n) is 4.56. The predicted molar refractivity (Wildman–Crippen MR) is 102 cm³/mol. The summed E-state index contributed by atoms with van der Waals surface area (Å²) in [5, 5.41) is 4.77. The number of nitrogens with two attached hydrogens (primary N) is 1. The molecule has 3 N–H and O–H groups in total. The first-order valence-electron chi connectivity index (χ1n) is 8.85. The van der Waals surface area contributed by atoms with Gasteiger partial charge >= 0.3 is 0 Å². The van der Waals surface area contributed by atoms with E-state index in [0.717, 1.165) is 17.3 Å². The number of aromatic nitrogens is 1. The summed E-state index contributed by atoms with van der Waals surface area (Å²) in [7, 11) is 0. The van der Waals surface area contributed by atoms with Gasteiger partial charge in [0.25, 0.3) is 11.8 Å². The lowest BCUT2D eigenvalue weighted by Crippen LogP contribution is -2.25. The van der Waals surface area contributed by atoms with Crippen molar-refractivity contribution in [2.75, 3.05) is 6.54 Å². The highest BCUT2D eigenvalue weighted by molar-refractivity contribution is 6.07. The molecule has 1 fully saturated rings. The molecule has 0 aliphatic heterocycles. The molecule has 2 amide bonds. The fraction of sp³-hybridized carbons (Fsp3) is 0.190. The molecule has 6 heteroatoms. The number of benzene rings is 2. The summed E-state index contributed by atoms with van der Waals surface area (Å²) >= 11 is 0. The molecule has 27 heavy (non-hydrogen) atoms. The van der Waals surface area contributed by atoms with Crippen LogP contribution >= 0.6 is 0 Å². The summed E-state index contributed by atoms with van der Waals surface area (Å²) in [5.41, 5.74) is 6.04. The van der Waals surface area contributed by atoms with Crippen LogP contribution in [-0.4, -0.2) is 23.3 Å². The number of carbonyl (C=O) groups is 2. The first kappa shape index (κ1) is 17.0. The smallest absolute Gasteiger partial charge is 0.267 e. The minimum absolute atomic E-state index is 0.0543. The second kappa shape index (κ2) is 7.07. The van der Waals surface area contributed by atoms with Crippen molar-refractivity contribution in [2.45, 2.75) is 12.8 Å². The highest BCUT2D eigenvalue weighted by Gasteiger charge is 2.22. The van der Waals surface area contributed by atoms with E-state index in [1.807, 2.05) is 30.3 Å². The van der Waals surface area contributed by atoms with Crippen LogP contribution in [0.15, 0.2) is 54.7 Å². The van der Waals surface area contributed by atoms with Gasteiger partial charge in [-0.3, -0.25) is 14.6 Å². The minimum atomic E-state index is -0.610. The number of ether oxygens (including phenoxy) is 1. The highest BCUT2D eigenvalue weighted by Crippen LogP contribution is 2.29. The zero-order chi connectivity index (χ0) is 18.8. The Morgan fingerprint density at radius 2 is 1.93 bits per heavy atom. The highest BCUT2D eigenvalue weighted by atomic mass is 16.5. The van der Waals surface area contributed by atoms with Crippen LogP contribution in [0.5, 0.6) is 11.5 Å². The molecule has 1 aliphatic rings. The van der Waals surface area contributed by atoms with Crippen LogP contribution in [0, 0.1) is 5.92 Å². The van der Waals surface area contributed by atoms with Crippen LogP contribution in [0.1, 0.15) is 33.7 Å². The van der Waals surface area contributed by atoms with E-state index < -0.39 is 5.91 Å². The molecule has 1 aliphatic carbocycles. The number of carbonyl (C=O) groups excluding carboxylic acids is 2. The number of pyridine rings is 1. The van der Waals surface area contributed by atoms with Crippen LogP contribution in [0.3, 0.4) is 0 Å². The summed E-state index contributed by atoms with van der Waals surface area (Å²) in [5.74, 6) is 1.04. The molecule has 4 rings (SSSR count). The van der Waals surface area contributed by atoms with Gasteiger partial charge in [0.1, 0.15) is 17.2 Å². The minimum Gasteiger partial charge on any atom is -0.457 e. The van der Waals surface area contributed by atoms with Crippen molar-refractivity contribution in [3.63, 3.8) is 0 Å². The Hall–Kier alpha value is -3.41. The molecule has 1 aromatic heterocycles. The van der Waals surface area contributed by atoms with E-state index in [0.29, 0.717) is 23.0 Å². The molecule has 1 heterocycles. The van der Waals surface area contributed by atoms with E-state index in [4.69, 9.17) is 10.5 Å². The molecular weight excluding hydrogens is 342 g/mol. The molecule has 136 valence electrons. The number of hydrogen-bond acceptors (Lipinski definition) is 4. The maximum atomic E-state index is 12.5. The number of amides is 2. The maximum absolute atomic E-state index is 12.5. The Morgan fingerprint density at radius 1 is 1.11 bits per heavy atom. The largest absolute Gasteiger partial charge is 0.457 e. The van der Waals surface area contributed by atoms with E-state index in [2.05, 4.69) is 10.3 Å². The number of hydrogen-bond donors (Lipinski definition) is 2. The van der Waals surface area contributed by atoms with Crippen molar-refractivity contribution in [2.24, 2.45) is 11.7 Å². The lowest BCUT2D eigenvalue weighted by Gasteiger charge is -2.10. The molecule has 0 unspecified atom stereocenters. The molecule has 0 bridgehead atoms. The number of fused-ring (bicyclic) bond motifs is 1. The van der Waals surface area contributed by atoms with E-state index in [1.54, 1.807) is 12.1 Å². The predicted octanol–water partition coefficient (Wildman–Crippen LogP) is 3.27. The van der Waals surface area contributed by atoms with Crippen LogP contribution < -0.4 is 15.8 Å². The second-order valence-corrected chi connectivity index (χ2v) is 6.69. The molecule has 6 nitrogen and oxygen atoms in total. The Morgan fingerprint density at radius 3 is 2.70 bits per heavy atom. The van der Waals surface area contributed by atoms with Gasteiger partial charge in [-0.2, -0.15) is 0 Å². The number of primary amides is 1. The van der Waals surface area contributed by atoms with Crippen LogP contribution in [0.2, 0.25) is 0 Å². The van der Waals surface area contributed by atoms with Crippen LogP contribution in [-0.2, 0) is 0 Å². The van der Waals surface area contributed by atoms with Crippen LogP contribution in [0.25, 0.3) is 10.8 Å². The Labute approximate surface area is 156 Å². The van der Waals surface area contributed by atoms with E-state index in [1.165, 1.54) is 25.1 Å². The molecule has 3 aromatic rings. The molecule has 0 atom stereocenters. The fourth-order valence-corrected chi connectivity index (χ4v) is 2.92. The van der Waals surface area contributed by atoms with Crippen molar-refractivity contribution < 1.29 is 14.3 Å². The van der Waals surface area contributed by atoms with E-state index in [9.17, 15) is 9.59 Å². The Balaban J connectivity index is 1.58. The van der Waals surface area contributed by atoms with Gasteiger partial charge in [0, 0.05) is 24.4 Å². The maximum Gasteiger partial charge on any atom is 0.267 e. The summed E-state index contributed by atoms with van der Waals surface area (Å²) in [6.45, 7) is 0.737. The normalized spacial score (nSPS) is 13.3. The van der Waals surface area contributed by atoms with Gasteiger partial charge in [0.05, 0.1) is 0 Å². The van der Waals surface area contributed by atoms with Gasteiger partial charge < -0.3 is 15.8 Å². The summed E-state index contributed by atoms with van der Waals surface area (Å²) < 4.78 is 5.82. The average Bonchev–Trinajstić information content (AvgIpc) is 3.50. The van der Waals surface area contributed by atoms with E-state index >= 15 is 0 Å². The summed E-state index contributed by atoms with van der Waals surface area (Å²) in [4.78, 5) is 27.6. The third kappa shape index (κ3) is 3.89. The zero-order valence-corrected chi connectivity index (χ0v) is 14.6. The van der Waals surface area contributed by atoms with Gasteiger partial charge in [-0.25, -0.2) is 0 Å². The van der Waals surface area contributed by atoms with Crippen LogP contribution in [0.4, 0.5) is 0 Å². The van der Waals surface area contributed by atoms with Gasteiger partial charge in [-0.1, -0.05) is 12.1 Å². The Bertz CT molecular complexity index is 1030. The molecule has 1 saturated carbocycles. The second-order valence-electron chi connectivity index (χ2n) is 6.69. The van der Waals surface area contributed by atoms with Crippen molar-refractivity contribution in [1.82, 2.24) is 10.3 Å². The van der Waals surface area contributed by atoms with Gasteiger partial charge in [0.2, 0.25) is 0 Å². The molecule has 0 spiro atoms. The lowest BCUT2D eigenvalue weighted by atomic mass is 10.0. The van der Waals surface area contributed by atoms with Crippen molar-refractivity contribution >= 4 is 22.6 Å². The Kier molecular flexibility index (Phi) is 4.46. The van der Waals surface area contributed by atoms with Gasteiger partial charge in [-0.15, -0.1) is 0 Å². The van der Waals surface area contributed by atoms with Crippen molar-refractivity contribution in [3.05, 3.63) is 66.0 Å². The number of rotatable bonds is 6. The van der Waals surface area contributed by atoms with Crippen molar-refractivity contribution in [1.29, 1.82) is 0 Å². The zero-order valence-electron chi connectivity index (χ0n) is 14.6. The number of nitrogens with zero attached hydrogens (tertiary/aromatic N) is 1.